The van der Waals surface area contributed by atoms with E-state index in [-0.39, 0.29) is 18.8 Å². The highest BCUT2D eigenvalue weighted by Crippen LogP contribution is 2.33. The first-order valence-electron chi connectivity index (χ1n) is 8.59. The zero-order chi connectivity index (χ0) is 21.9. The number of carbonyl (C=O) groups excluding carboxylic acids is 1. The lowest BCUT2D eigenvalue weighted by atomic mass is 10.2. The first-order valence-corrected chi connectivity index (χ1v) is 8.59. The number of benzene rings is 2. The predicted octanol–water partition coefficient (Wildman–Crippen LogP) is 3.72. The number of ether oxygens (including phenoxy) is 1. The van der Waals surface area contributed by atoms with Crippen LogP contribution in [-0.2, 0) is 6.18 Å². The van der Waals surface area contributed by atoms with Crippen molar-refractivity contribution in [1.82, 2.24) is 19.9 Å². The number of hydrogen-bond donors (Lipinski definition) is 0. The van der Waals surface area contributed by atoms with Gasteiger partial charge in [-0.3, -0.25) is 4.79 Å². The number of carbonyl (C=O) groups is 1. The van der Waals surface area contributed by atoms with Crippen molar-refractivity contribution in [2.45, 2.75) is 6.18 Å². The second kappa shape index (κ2) is 8.47. The van der Waals surface area contributed by atoms with Crippen molar-refractivity contribution in [2.75, 3.05) is 20.2 Å². The van der Waals surface area contributed by atoms with E-state index in [1.165, 1.54) is 43.4 Å². The Hall–Kier alpha value is -3.50. The minimum absolute atomic E-state index is 0.0484. The van der Waals surface area contributed by atoms with Gasteiger partial charge in [-0.1, -0.05) is 11.3 Å². The van der Waals surface area contributed by atoms with Gasteiger partial charge in [-0.2, -0.15) is 13.2 Å². The van der Waals surface area contributed by atoms with E-state index in [0.29, 0.717) is 10.4 Å². The Morgan fingerprint density at radius 2 is 1.80 bits per heavy atom. The molecule has 158 valence electrons. The van der Waals surface area contributed by atoms with Gasteiger partial charge in [0, 0.05) is 7.05 Å². The molecule has 0 bridgehead atoms. The topological polar surface area (TPSA) is 60.2 Å². The fourth-order valence-electron chi connectivity index (χ4n) is 2.58. The van der Waals surface area contributed by atoms with Crippen LogP contribution in [0.4, 0.5) is 22.0 Å². The highest BCUT2D eigenvalue weighted by molar-refractivity contribution is 5.93. The molecule has 11 heteroatoms. The summed E-state index contributed by atoms with van der Waals surface area (Å²) in [6.07, 6.45) is -4.97. The maximum atomic E-state index is 13.6. The minimum atomic E-state index is -4.97. The molecule has 0 unspecified atom stereocenters. The number of nitrogens with zero attached hydrogens (tertiary/aromatic N) is 4. The summed E-state index contributed by atoms with van der Waals surface area (Å²) in [5.41, 5.74) is -2.56. The van der Waals surface area contributed by atoms with Crippen LogP contribution in [0.2, 0.25) is 0 Å². The van der Waals surface area contributed by atoms with Gasteiger partial charge in [0.25, 0.3) is 5.91 Å². The minimum Gasteiger partial charge on any atom is -0.492 e. The average Bonchev–Trinajstić information content (AvgIpc) is 3.14. The maximum Gasteiger partial charge on any atom is 0.435 e. The summed E-state index contributed by atoms with van der Waals surface area (Å²) < 4.78 is 72.9. The smallest absolute Gasteiger partial charge is 0.435 e. The second-order valence-corrected chi connectivity index (χ2v) is 6.21. The Morgan fingerprint density at radius 3 is 2.43 bits per heavy atom. The van der Waals surface area contributed by atoms with E-state index in [0.717, 1.165) is 17.0 Å². The fourth-order valence-corrected chi connectivity index (χ4v) is 2.58. The van der Waals surface area contributed by atoms with E-state index < -0.39 is 35.1 Å². The molecule has 3 rings (SSSR count). The Kier molecular flexibility index (Phi) is 5.99. The molecule has 0 radical (unpaired) electrons. The molecule has 1 amide bonds. The van der Waals surface area contributed by atoms with Gasteiger partial charge in [0.2, 0.25) is 0 Å². The normalized spacial score (nSPS) is 11.4. The van der Waals surface area contributed by atoms with E-state index in [2.05, 4.69) is 10.3 Å². The van der Waals surface area contributed by atoms with Crippen LogP contribution in [0.25, 0.3) is 5.69 Å². The molecule has 6 nitrogen and oxygen atoms in total. The van der Waals surface area contributed by atoms with Crippen LogP contribution in [0.5, 0.6) is 5.75 Å². The molecule has 0 aliphatic rings. The molecule has 0 aliphatic carbocycles. The number of halogens is 5. The van der Waals surface area contributed by atoms with Gasteiger partial charge < -0.3 is 9.64 Å². The van der Waals surface area contributed by atoms with E-state index in [4.69, 9.17) is 4.74 Å². The number of rotatable bonds is 6. The van der Waals surface area contributed by atoms with Crippen molar-refractivity contribution in [3.8, 4) is 11.4 Å². The number of aromatic nitrogens is 3. The Labute approximate surface area is 167 Å². The van der Waals surface area contributed by atoms with Crippen LogP contribution in [0.1, 0.15) is 16.2 Å². The third-order valence-corrected chi connectivity index (χ3v) is 4.05. The van der Waals surface area contributed by atoms with Gasteiger partial charge >= 0.3 is 6.18 Å². The highest BCUT2D eigenvalue weighted by atomic mass is 19.4. The molecule has 30 heavy (non-hydrogen) atoms. The van der Waals surface area contributed by atoms with Crippen molar-refractivity contribution in [3.05, 3.63) is 71.6 Å². The van der Waals surface area contributed by atoms with Crippen LogP contribution in [0.15, 0.2) is 48.5 Å². The molecule has 0 saturated carbocycles. The molecule has 0 saturated heterocycles. The maximum absolute atomic E-state index is 13.6. The molecule has 3 aromatic rings. The first-order chi connectivity index (χ1) is 14.2. The number of likely N-dealkylation sites (N-methyl/N-ethyl adjacent to an activating group) is 1. The van der Waals surface area contributed by atoms with Gasteiger partial charge in [-0.25, -0.2) is 13.5 Å². The van der Waals surface area contributed by atoms with Crippen molar-refractivity contribution in [1.29, 1.82) is 0 Å². The fraction of sp³-hybridized carbons (Fsp3) is 0.211. The summed E-state index contributed by atoms with van der Waals surface area (Å²) in [5.74, 6) is -1.91. The summed E-state index contributed by atoms with van der Waals surface area (Å²) in [6.45, 7) is -0.117. The van der Waals surface area contributed by atoms with Crippen LogP contribution >= 0.6 is 0 Å². The van der Waals surface area contributed by atoms with Crippen molar-refractivity contribution in [3.63, 3.8) is 0 Å². The van der Waals surface area contributed by atoms with Crippen LogP contribution in [-0.4, -0.2) is 46.0 Å². The van der Waals surface area contributed by atoms with Crippen LogP contribution in [0, 0.1) is 11.6 Å². The molecule has 2 aromatic carbocycles. The lowest BCUT2D eigenvalue weighted by Gasteiger charge is -2.18. The summed E-state index contributed by atoms with van der Waals surface area (Å²) in [5, 5.41) is 6.78. The molecule has 1 heterocycles. The zero-order valence-electron chi connectivity index (χ0n) is 15.5. The van der Waals surface area contributed by atoms with E-state index in [1.54, 1.807) is 0 Å². The van der Waals surface area contributed by atoms with Gasteiger partial charge in [0.15, 0.2) is 11.4 Å². The van der Waals surface area contributed by atoms with Gasteiger partial charge in [0.05, 0.1) is 12.2 Å². The largest absolute Gasteiger partial charge is 0.492 e. The third kappa shape index (κ3) is 4.73. The molecule has 1 aromatic heterocycles. The van der Waals surface area contributed by atoms with Crippen molar-refractivity contribution in [2.24, 2.45) is 0 Å². The molecule has 0 spiro atoms. The molecule has 0 fully saturated rings. The Morgan fingerprint density at radius 1 is 1.10 bits per heavy atom. The lowest BCUT2D eigenvalue weighted by Crippen LogP contribution is -2.33. The second-order valence-electron chi connectivity index (χ2n) is 6.21. The summed E-state index contributed by atoms with van der Waals surface area (Å²) in [4.78, 5) is 13.5. The summed E-state index contributed by atoms with van der Waals surface area (Å²) >= 11 is 0. The average molecular weight is 426 g/mol. The standard InChI is InChI=1S/C19H15F5N4O2/c1-27(9-10-30-15-7-5-12(20)6-8-15)18(29)16-17(19(22,23)24)28(26-25-16)14-4-2-3-13(21)11-14/h2-8,11H,9-10H2,1H3. The Balaban J connectivity index is 1.78. The highest BCUT2D eigenvalue weighted by Gasteiger charge is 2.42. The number of amides is 1. The van der Waals surface area contributed by atoms with Crippen molar-refractivity contribution < 1.29 is 31.5 Å². The monoisotopic (exact) mass is 426 g/mol. The molecular weight excluding hydrogens is 411 g/mol. The molecule has 0 N–H and O–H groups in total. The summed E-state index contributed by atoms with van der Waals surface area (Å²) in [6, 6.07) is 9.46. The van der Waals surface area contributed by atoms with Gasteiger partial charge in [-0.15, -0.1) is 5.10 Å². The van der Waals surface area contributed by atoms with Crippen LogP contribution < -0.4 is 4.74 Å². The van der Waals surface area contributed by atoms with E-state index >= 15 is 0 Å². The van der Waals surface area contributed by atoms with Crippen molar-refractivity contribution >= 4 is 5.91 Å². The summed E-state index contributed by atoms with van der Waals surface area (Å²) in [7, 11) is 1.28. The zero-order valence-corrected chi connectivity index (χ0v) is 15.5. The molecule has 0 atom stereocenters. The van der Waals surface area contributed by atoms with E-state index in [1.807, 2.05) is 0 Å². The first kappa shape index (κ1) is 21.2. The van der Waals surface area contributed by atoms with E-state index in [9.17, 15) is 26.7 Å². The predicted molar refractivity (Wildman–Crippen MR) is 95.2 cm³/mol. The number of alkyl halides is 3. The SMILES string of the molecule is CN(CCOc1ccc(F)cc1)C(=O)c1nnn(-c2cccc(F)c2)c1C(F)(F)F. The Bertz CT molecular complexity index is 1030. The van der Waals surface area contributed by atoms with Crippen LogP contribution in [0.3, 0.4) is 0 Å². The van der Waals surface area contributed by atoms with Gasteiger partial charge in [-0.05, 0) is 42.5 Å². The lowest BCUT2D eigenvalue weighted by molar-refractivity contribution is -0.143. The van der Waals surface area contributed by atoms with Gasteiger partial charge in [0.1, 0.15) is 24.0 Å². The number of hydrogen-bond acceptors (Lipinski definition) is 4. The third-order valence-electron chi connectivity index (χ3n) is 4.05. The molecule has 0 aliphatic heterocycles. The molecular formula is C19H15F5N4O2. The quantitative estimate of drug-likeness (QED) is 0.564.